The van der Waals surface area contributed by atoms with Gasteiger partial charge in [-0.3, -0.25) is 5.32 Å². The number of hydrogen-bond donors (Lipinski definition) is 2. The summed E-state index contributed by atoms with van der Waals surface area (Å²) in [7, 11) is 0. The molecule has 1 aliphatic heterocycles. The van der Waals surface area contributed by atoms with Gasteiger partial charge in [0.25, 0.3) is 0 Å². The molecule has 1 heterocycles. The van der Waals surface area contributed by atoms with Crippen LogP contribution in [0.25, 0.3) is 0 Å². The van der Waals surface area contributed by atoms with Crippen LogP contribution in [0.5, 0.6) is 0 Å². The Kier molecular flexibility index (Phi) is 4.62. The van der Waals surface area contributed by atoms with Crippen LogP contribution in [0.15, 0.2) is 83.8 Å². The minimum Gasteiger partial charge on any atom is -0.329 e. The second-order valence-electron chi connectivity index (χ2n) is 6.27. The van der Waals surface area contributed by atoms with Crippen molar-refractivity contribution in [3.05, 3.63) is 101 Å². The molecule has 1 unspecified atom stereocenters. The van der Waals surface area contributed by atoms with E-state index < -0.39 is 0 Å². The molecule has 0 fully saturated rings. The minimum atomic E-state index is -0.378. The lowest BCUT2D eigenvalue weighted by atomic mass is 9.75. The Morgan fingerprint density at radius 1 is 0.840 bits per heavy atom. The van der Waals surface area contributed by atoms with Gasteiger partial charge in [0.05, 0.1) is 5.54 Å². The zero-order chi connectivity index (χ0) is 17.1. The molecule has 3 N–H and O–H groups in total. The highest BCUT2D eigenvalue weighted by molar-refractivity contribution is 7.98. The second kappa shape index (κ2) is 7.04. The molecule has 3 aromatic rings. The largest absolute Gasteiger partial charge is 0.329 e. The Morgan fingerprint density at radius 3 is 2.32 bits per heavy atom. The van der Waals surface area contributed by atoms with Crippen molar-refractivity contribution in [2.75, 3.05) is 13.1 Å². The van der Waals surface area contributed by atoms with Crippen LogP contribution in [0.2, 0.25) is 0 Å². The maximum Gasteiger partial charge on any atom is 0.0962 e. The van der Waals surface area contributed by atoms with Gasteiger partial charge in [-0.15, -0.1) is 11.8 Å². The van der Waals surface area contributed by atoms with Crippen LogP contribution >= 0.6 is 11.8 Å². The summed E-state index contributed by atoms with van der Waals surface area (Å²) in [6, 6.07) is 28.3. The van der Waals surface area contributed by atoms with E-state index in [9.17, 15) is 0 Å². The Morgan fingerprint density at radius 2 is 1.52 bits per heavy atom. The van der Waals surface area contributed by atoms with Crippen molar-refractivity contribution in [2.45, 2.75) is 16.2 Å². The summed E-state index contributed by atoms with van der Waals surface area (Å²) in [6.45, 7) is 1.36. The molecule has 4 rings (SSSR count). The van der Waals surface area contributed by atoms with E-state index in [2.05, 4.69) is 84.2 Å². The van der Waals surface area contributed by atoms with Crippen LogP contribution in [0.4, 0.5) is 0 Å². The number of thioether (sulfide) groups is 1. The van der Waals surface area contributed by atoms with Gasteiger partial charge in [0.2, 0.25) is 0 Å². The molecule has 0 saturated heterocycles. The average molecular weight is 346 g/mol. The van der Waals surface area contributed by atoms with Crippen LogP contribution in [0.1, 0.15) is 22.3 Å². The molecule has 3 aromatic carbocycles. The third-order valence-electron chi connectivity index (χ3n) is 4.84. The summed E-state index contributed by atoms with van der Waals surface area (Å²) < 4.78 is 0. The van der Waals surface area contributed by atoms with E-state index in [1.54, 1.807) is 0 Å². The van der Waals surface area contributed by atoms with Crippen molar-refractivity contribution in [1.82, 2.24) is 5.32 Å². The molecule has 0 aromatic heterocycles. The van der Waals surface area contributed by atoms with E-state index in [1.165, 1.54) is 27.1 Å². The Bertz CT molecular complexity index is 813. The fraction of sp³-hybridized carbons (Fsp3) is 0.182. The molecule has 1 aliphatic rings. The normalized spacial score (nSPS) is 18.9. The van der Waals surface area contributed by atoms with Crippen molar-refractivity contribution in [2.24, 2.45) is 5.73 Å². The zero-order valence-electron chi connectivity index (χ0n) is 14.1. The van der Waals surface area contributed by atoms with Crippen molar-refractivity contribution in [1.29, 1.82) is 0 Å². The number of nitrogens with one attached hydrogen (secondary N) is 1. The van der Waals surface area contributed by atoms with Gasteiger partial charge >= 0.3 is 0 Å². The van der Waals surface area contributed by atoms with Gasteiger partial charge in [-0.1, -0.05) is 72.8 Å². The number of fused-ring (bicyclic) bond motifs is 2. The third kappa shape index (κ3) is 2.78. The van der Waals surface area contributed by atoms with Crippen LogP contribution in [-0.2, 0) is 11.3 Å². The van der Waals surface area contributed by atoms with Crippen molar-refractivity contribution in [3.63, 3.8) is 0 Å². The highest BCUT2D eigenvalue weighted by Crippen LogP contribution is 2.46. The first-order valence-corrected chi connectivity index (χ1v) is 9.66. The summed E-state index contributed by atoms with van der Waals surface area (Å²) >= 11 is 1.91. The highest BCUT2D eigenvalue weighted by Gasteiger charge is 2.40. The summed E-state index contributed by atoms with van der Waals surface area (Å²) in [6.07, 6.45) is 0. The molecule has 0 bridgehead atoms. The summed E-state index contributed by atoms with van der Waals surface area (Å²) in [5, 5.41) is 3.82. The second-order valence-corrected chi connectivity index (χ2v) is 7.29. The summed E-state index contributed by atoms with van der Waals surface area (Å²) in [5.74, 6) is 0.978. The molecule has 2 nitrogen and oxygen atoms in total. The number of rotatable bonds is 4. The molecule has 3 heteroatoms. The Balaban J connectivity index is 2.07. The topological polar surface area (TPSA) is 38.0 Å². The summed E-state index contributed by atoms with van der Waals surface area (Å²) in [5.41, 5.74) is 10.8. The van der Waals surface area contributed by atoms with Gasteiger partial charge in [-0.25, -0.2) is 0 Å². The smallest absolute Gasteiger partial charge is 0.0962 e. The lowest BCUT2D eigenvalue weighted by Crippen LogP contribution is -2.47. The van der Waals surface area contributed by atoms with Crippen LogP contribution in [0, 0.1) is 0 Å². The molecule has 0 amide bonds. The van der Waals surface area contributed by atoms with E-state index in [1.807, 2.05) is 11.8 Å². The third-order valence-corrected chi connectivity index (χ3v) is 5.96. The van der Waals surface area contributed by atoms with Gasteiger partial charge in [0.1, 0.15) is 0 Å². The van der Waals surface area contributed by atoms with Crippen LogP contribution in [-0.4, -0.2) is 13.1 Å². The molecule has 0 saturated carbocycles. The van der Waals surface area contributed by atoms with Gasteiger partial charge in [-0.05, 0) is 28.3 Å². The van der Waals surface area contributed by atoms with Gasteiger partial charge in [-0.2, -0.15) is 0 Å². The monoisotopic (exact) mass is 346 g/mol. The summed E-state index contributed by atoms with van der Waals surface area (Å²) in [4.78, 5) is 1.33. The van der Waals surface area contributed by atoms with E-state index in [0.29, 0.717) is 6.54 Å². The molecule has 1 atom stereocenters. The lowest BCUT2D eigenvalue weighted by molar-refractivity contribution is 0.471. The minimum absolute atomic E-state index is 0.378. The predicted octanol–water partition coefficient (Wildman–Crippen LogP) is 4.13. The van der Waals surface area contributed by atoms with E-state index in [4.69, 9.17) is 5.73 Å². The SMILES string of the molecule is NCCNC1(c2ccccc2)c2ccccc2CSc2ccccc21. The van der Waals surface area contributed by atoms with E-state index in [-0.39, 0.29) is 5.54 Å². The molecule has 25 heavy (non-hydrogen) atoms. The fourth-order valence-corrected chi connectivity index (χ4v) is 4.88. The molecule has 0 aliphatic carbocycles. The number of hydrogen-bond acceptors (Lipinski definition) is 3. The molecule has 0 spiro atoms. The van der Waals surface area contributed by atoms with Gasteiger partial charge in [0.15, 0.2) is 0 Å². The quantitative estimate of drug-likeness (QED) is 0.746. The van der Waals surface area contributed by atoms with Crippen molar-refractivity contribution < 1.29 is 0 Å². The van der Waals surface area contributed by atoms with Crippen LogP contribution < -0.4 is 11.1 Å². The first-order chi connectivity index (χ1) is 12.4. The van der Waals surface area contributed by atoms with E-state index in [0.717, 1.165) is 12.3 Å². The predicted molar refractivity (Wildman–Crippen MR) is 106 cm³/mol. The first-order valence-electron chi connectivity index (χ1n) is 8.67. The number of benzene rings is 3. The molecule has 0 radical (unpaired) electrons. The van der Waals surface area contributed by atoms with Crippen molar-refractivity contribution >= 4 is 11.8 Å². The zero-order valence-corrected chi connectivity index (χ0v) is 14.9. The van der Waals surface area contributed by atoms with Gasteiger partial charge < -0.3 is 5.73 Å². The maximum absolute atomic E-state index is 5.89. The fourth-order valence-electron chi connectivity index (χ4n) is 3.77. The Hall–Kier alpha value is -2.07. The standard InChI is InChI=1S/C22H22N2S/c23-14-15-24-22(18-9-2-1-3-10-18)19-11-5-4-8-17(19)16-25-21-13-7-6-12-20(21)22/h1-13,24H,14-16,23H2. The van der Waals surface area contributed by atoms with Crippen LogP contribution in [0.3, 0.4) is 0 Å². The molecule has 126 valence electrons. The lowest BCUT2D eigenvalue weighted by Gasteiger charge is -2.38. The molecular weight excluding hydrogens is 324 g/mol. The van der Waals surface area contributed by atoms with Gasteiger partial charge in [0, 0.05) is 23.7 Å². The first kappa shape index (κ1) is 16.4. The molecular formula is C22H22N2S. The average Bonchev–Trinajstić information content (AvgIpc) is 2.83. The van der Waals surface area contributed by atoms with Crippen molar-refractivity contribution in [3.8, 4) is 0 Å². The number of nitrogens with two attached hydrogens (primary N) is 1. The maximum atomic E-state index is 5.89. The highest BCUT2D eigenvalue weighted by atomic mass is 32.2. The van der Waals surface area contributed by atoms with E-state index >= 15 is 0 Å². The Labute approximate surface area is 153 Å².